The summed E-state index contributed by atoms with van der Waals surface area (Å²) in [5, 5.41) is 168. The number of hydrogen-bond donors (Lipinski definition) is 15. The van der Waals surface area contributed by atoms with Gasteiger partial charge in [0.15, 0.2) is 43.3 Å². The van der Waals surface area contributed by atoms with Crippen LogP contribution in [0.2, 0.25) is 0 Å². The summed E-state index contributed by atoms with van der Waals surface area (Å²) < 4.78 is 103. The van der Waals surface area contributed by atoms with E-state index in [-0.39, 0.29) is 18.3 Å². The van der Waals surface area contributed by atoms with E-state index >= 15 is 4.79 Å². The van der Waals surface area contributed by atoms with Crippen LogP contribution < -0.4 is 0 Å². The quantitative estimate of drug-likeness (QED) is 0.0190. The lowest BCUT2D eigenvalue weighted by molar-refractivity contribution is -0.397. The van der Waals surface area contributed by atoms with Crippen molar-refractivity contribution in [1.82, 2.24) is 0 Å². The molecule has 3 saturated carbocycles. The summed E-state index contributed by atoms with van der Waals surface area (Å²) in [6.07, 6.45) is -46.3. The van der Waals surface area contributed by atoms with Gasteiger partial charge in [-0.1, -0.05) is 44.9 Å². The van der Waals surface area contributed by atoms with Gasteiger partial charge in [0, 0.05) is 28.1 Å². The number of methoxy groups -OCH3 is 2. The van der Waals surface area contributed by atoms with E-state index in [1.165, 1.54) is 35.0 Å². The molecule has 7 saturated heterocycles. The van der Waals surface area contributed by atoms with E-state index in [1.807, 2.05) is 6.92 Å². The lowest BCUT2D eigenvalue weighted by Crippen LogP contribution is -2.67. The van der Waals surface area contributed by atoms with Gasteiger partial charge in [-0.2, -0.15) is 0 Å². The van der Waals surface area contributed by atoms with Crippen LogP contribution in [0.3, 0.4) is 0 Å². The molecule has 35 nitrogen and oxygen atoms in total. The fourth-order valence-electron chi connectivity index (χ4n) is 19.9. The van der Waals surface area contributed by atoms with Gasteiger partial charge in [-0.05, 0) is 100 Å². The first-order valence-corrected chi connectivity index (χ1v) is 36.7. The first-order chi connectivity index (χ1) is 50.0. The highest BCUT2D eigenvalue weighted by Gasteiger charge is 2.81. The van der Waals surface area contributed by atoms with Gasteiger partial charge in [0.05, 0.1) is 56.6 Å². The van der Waals surface area contributed by atoms with E-state index in [1.54, 1.807) is 6.92 Å². The van der Waals surface area contributed by atoms with Gasteiger partial charge in [0.2, 0.25) is 0 Å². The molecule has 15 N–H and O–H groups in total. The first kappa shape index (κ1) is 83.7. The minimum absolute atomic E-state index is 0.134. The largest absolute Gasteiger partial charge is 0.462 e. The molecule has 1 unspecified atom stereocenters. The molecule has 0 bridgehead atoms. The number of hydrogen-bond acceptors (Lipinski definition) is 35. The zero-order valence-electron chi connectivity index (χ0n) is 61.6. The smallest absolute Gasteiger partial charge is 0.314 e. The Morgan fingerprint density at radius 2 is 1.06 bits per heavy atom. The summed E-state index contributed by atoms with van der Waals surface area (Å²) in [4.78, 5) is 41.1. The SMILES string of the molecule is C=C(C)CC[C@@H](OC(C)=O)[C@]1(C)OC(=O)C23CC=C4[C@@H](CC[C@H]5C(C)(C)[C@@H](O[C@@H]6OC[C@@H](O[C@@H]7O[C@H](CO)[C@@H](O[C@@H]8O[C@H](CO)[C@@H](O)[C@H](OC)[C@H]8O)[C@H](O)[C@H]7O)[C@H](O)[C@H]6O[C@@H]6O[C@H](C)[C@@H](O[C@@H]7O[C@H](CO)[C@@H](O)[C@H](O[C@@H]8O[C@H](CO)[C@@H](O)[C@H](OC)[C@H]8O)[C@H]7O)[C@H](O)[C@H]6O)CC[C@]45C)[C@]2(C)C[C@H](OC(C)=O)[C@@H]31. The maximum absolute atomic E-state index is 15.1. The second-order valence-corrected chi connectivity index (χ2v) is 32.0. The van der Waals surface area contributed by atoms with Crippen molar-refractivity contribution in [1.29, 1.82) is 0 Å². The number of carbonyl (C=O) groups is 3. The van der Waals surface area contributed by atoms with Crippen molar-refractivity contribution >= 4 is 17.9 Å². The van der Waals surface area contributed by atoms with E-state index in [4.69, 9.17) is 80.5 Å². The second kappa shape index (κ2) is 32.7. The molecular formula is C71H112O35. The van der Waals surface area contributed by atoms with Crippen molar-refractivity contribution < 1.29 is 172 Å². The van der Waals surface area contributed by atoms with E-state index in [9.17, 15) is 86.2 Å². The Bertz CT molecular complexity index is 3070. The highest BCUT2D eigenvalue weighted by atomic mass is 16.8. The number of ether oxygens (including phenoxy) is 17. The van der Waals surface area contributed by atoms with Crippen LogP contribution in [0.1, 0.15) is 114 Å². The maximum Gasteiger partial charge on any atom is 0.314 e. The minimum atomic E-state index is -2.11. The number of carbonyl (C=O) groups excluding carboxylic acids is 3. The third kappa shape index (κ3) is 14.7. The molecule has 1 spiro atoms. The van der Waals surface area contributed by atoms with E-state index in [0.29, 0.717) is 44.9 Å². The fraction of sp³-hybridized carbons (Fsp3) is 0.901. The Kier molecular flexibility index (Phi) is 25.8. The number of aliphatic hydroxyl groups is 15. The topological polar surface area (TPSA) is 512 Å². The third-order valence-corrected chi connectivity index (χ3v) is 25.3. The normalized spacial score (nSPS) is 50.3. The van der Waals surface area contributed by atoms with Gasteiger partial charge < -0.3 is 157 Å². The Morgan fingerprint density at radius 1 is 0.557 bits per heavy atom. The number of allylic oxidation sites excluding steroid dienone is 3. The van der Waals surface area contributed by atoms with E-state index in [0.717, 1.165) is 11.1 Å². The minimum Gasteiger partial charge on any atom is -0.462 e. The standard InChI is InChI=1S/C71H112O35/c1-27(2)13-16-41(95-30(5)77)70(10)59-33(94-29(4)76)21-69(9)32-14-15-39-67(6,7)40(18-19-68(39,8)31(32)17-20-71(59,69)66(89)106-70)101-65-58(45(81)38(26-92-65)100-61-49(85)47(83)54(37(25-75)99-61)103-62-50(86)55(90-11)42(78)34(22-72)96-62)105-60-48(84)46(82)53(28(3)93-60)102-64-52(88)57(44(80)36(24-74)98-64)104-63-51(87)56(91-12)43(79)35(23-73)97-63/h17,28,32-65,72-75,78-88H,1,13-16,18-26H2,2-12H3/t28-,32-,33+,34-,35-,36-,37-,38-,39+,40+,41-,42-,43-,44-,45+,46-,47-,48-,49-,50-,51-,52-,53-,54-,55+,56+,57+,58-,59-,60+,61+,62+,63+,64+,65+,68-,69+,70+,71?/m1/s1. The molecule has 39 atom stereocenters. The van der Waals surface area contributed by atoms with Crippen LogP contribution in [0.25, 0.3) is 0 Å². The number of cyclic esters (lactones) is 1. The molecule has 0 radical (unpaired) electrons. The molecule has 106 heavy (non-hydrogen) atoms. The van der Waals surface area contributed by atoms with Crippen LogP contribution in [0.4, 0.5) is 0 Å². The molecule has 35 heteroatoms. The van der Waals surface area contributed by atoms with Crippen molar-refractivity contribution in [2.24, 2.45) is 39.4 Å². The lowest BCUT2D eigenvalue weighted by atomic mass is 9.41. The highest BCUT2D eigenvalue weighted by Crippen LogP contribution is 2.77. The average Bonchev–Trinajstić information content (AvgIpc) is 1.49. The van der Waals surface area contributed by atoms with Crippen LogP contribution >= 0.6 is 0 Å². The third-order valence-electron chi connectivity index (χ3n) is 25.3. The molecule has 4 aliphatic carbocycles. The van der Waals surface area contributed by atoms with Crippen LogP contribution in [-0.4, -0.2) is 344 Å². The lowest BCUT2D eigenvalue weighted by Gasteiger charge is -2.63. The van der Waals surface area contributed by atoms with Crippen LogP contribution in [0.5, 0.6) is 0 Å². The van der Waals surface area contributed by atoms with Crippen LogP contribution in [-0.2, 0) is 94.9 Å². The molecule has 11 aliphatic rings. The average molecular weight is 1530 g/mol. The second-order valence-electron chi connectivity index (χ2n) is 32.0. The zero-order chi connectivity index (χ0) is 77.5. The summed E-state index contributed by atoms with van der Waals surface area (Å²) in [6, 6.07) is 0. The molecule has 11 rings (SSSR count). The maximum atomic E-state index is 15.1. The Balaban J connectivity index is 0.844. The molecule has 0 aromatic heterocycles. The van der Waals surface area contributed by atoms with Crippen LogP contribution in [0, 0.1) is 39.4 Å². The van der Waals surface area contributed by atoms with Gasteiger partial charge in [0.1, 0.15) is 146 Å². The zero-order valence-corrected chi connectivity index (χ0v) is 61.6. The first-order valence-electron chi connectivity index (χ1n) is 36.7. The van der Waals surface area contributed by atoms with Gasteiger partial charge in [-0.3, -0.25) is 14.4 Å². The van der Waals surface area contributed by atoms with Crippen LogP contribution in [0.15, 0.2) is 23.8 Å². The molecule has 606 valence electrons. The monoisotopic (exact) mass is 1520 g/mol. The van der Waals surface area contributed by atoms with Gasteiger partial charge in [0.25, 0.3) is 0 Å². The van der Waals surface area contributed by atoms with Gasteiger partial charge >= 0.3 is 17.9 Å². The van der Waals surface area contributed by atoms with Crippen molar-refractivity contribution in [3.63, 3.8) is 0 Å². The fourth-order valence-corrected chi connectivity index (χ4v) is 19.9. The van der Waals surface area contributed by atoms with Gasteiger partial charge in [-0.15, -0.1) is 6.58 Å². The highest BCUT2D eigenvalue weighted by molar-refractivity contribution is 5.84. The Labute approximate surface area is 613 Å². The van der Waals surface area contributed by atoms with Crippen molar-refractivity contribution in [2.45, 2.75) is 316 Å². The van der Waals surface area contributed by atoms with Crippen molar-refractivity contribution in [2.75, 3.05) is 47.3 Å². The molecule has 0 aromatic rings. The molecule has 7 heterocycles. The van der Waals surface area contributed by atoms with E-state index in [2.05, 4.69) is 40.3 Å². The summed E-state index contributed by atoms with van der Waals surface area (Å²) >= 11 is 0. The van der Waals surface area contributed by atoms with Crippen molar-refractivity contribution in [3.8, 4) is 0 Å². The molecular weight excluding hydrogens is 1410 g/mol. The predicted octanol–water partition coefficient (Wildman–Crippen LogP) is -4.00. The number of esters is 3. The van der Waals surface area contributed by atoms with E-state index < -0.39 is 281 Å². The van der Waals surface area contributed by atoms with Crippen molar-refractivity contribution in [3.05, 3.63) is 23.8 Å². The van der Waals surface area contributed by atoms with Gasteiger partial charge in [-0.25, -0.2) is 0 Å². The summed E-state index contributed by atoms with van der Waals surface area (Å²) in [7, 11) is 2.36. The predicted molar refractivity (Wildman–Crippen MR) is 352 cm³/mol. The summed E-state index contributed by atoms with van der Waals surface area (Å²) in [5.74, 6) is -2.58. The Morgan fingerprint density at radius 3 is 1.59 bits per heavy atom. The molecule has 0 amide bonds. The number of rotatable bonds is 24. The number of fused-ring (bicyclic) bond motifs is 4. The Hall–Kier alpha value is -3.27. The molecule has 7 aliphatic heterocycles. The number of aliphatic hydroxyl groups excluding tert-OH is 15. The summed E-state index contributed by atoms with van der Waals surface area (Å²) in [5.41, 5.74) is -2.71. The molecule has 0 aromatic carbocycles. The molecule has 10 fully saturated rings. The summed E-state index contributed by atoms with van der Waals surface area (Å²) in [6.45, 7) is 16.3.